The zero-order valence-electron chi connectivity index (χ0n) is 14.0. The molecule has 1 unspecified atom stereocenters. The first-order chi connectivity index (χ1) is 12.3. The molecule has 1 N–H and O–H groups in total. The minimum Gasteiger partial charge on any atom is -0.351 e. The van der Waals surface area contributed by atoms with Gasteiger partial charge in [0, 0.05) is 37.9 Å². The summed E-state index contributed by atoms with van der Waals surface area (Å²) < 4.78 is 1.96. The maximum Gasteiger partial charge on any atom is 0.237 e. The summed E-state index contributed by atoms with van der Waals surface area (Å²) in [4.78, 5) is 23.5. The molecule has 0 aliphatic carbocycles. The van der Waals surface area contributed by atoms with Gasteiger partial charge < -0.3 is 9.72 Å². The summed E-state index contributed by atoms with van der Waals surface area (Å²) in [6.45, 7) is 2.18. The van der Waals surface area contributed by atoms with Crippen molar-refractivity contribution in [2.45, 2.75) is 32.0 Å². The van der Waals surface area contributed by atoms with Crippen LogP contribution in [0.15, 0.2) is 55.1 Å². The van der Waals surface area contributed by atoms with Gasteiger partial charge in [-0.05, 0) is 49.2 Å². The van der Waals surface area contributed by atoms with E-state index in [0.717, 1.165) is 42.8 Å². The van der Waals surface area contributed by atoms with Crippen LogP contribution in [-0.4, -0.2) is 37.8 Å². The molecule has 0 radical (unpaired) electrons. The van der Waals surface area contributed by atoms with Gasteiger partial charge in [-0.25, -0.2) is 4.98 Å². The van der Waals surface area contributed by atoms with Crippen LogP contribution in [0.5, 0.6) is 0 Å². The Morgan fingerprint density at radius 2 is 2.16 bits per heavy atom. The quantitative estimate of drug-likeness (QED) is 0.775. The van der Waals surface area contributed by atoms with Crippen molar-refractivity contribution < 1.29 is 4.79 Å². The van der Waals surface area contributed by atoms with Crippen molar-refractivity contribution in [3.05, 3.63) is 66.4 Å². The summed E-state index contributed by atoms with van der Waals surface area (Å²) in [5.41, 5.74) is 2.96. The van der Waals surface area contributed by atoms with Crippen molar-refractivity contribution >= 4 is 11.6 Å². The van der Waals surface area contributed by atoms with Crippen LogP contribution in [0.1, 0.15) is 24.1 Å². The minimum absolute atomic E-state index is 0.0721. The minimum atomic E-state index is -0.0721. The second-order valence-electron chi connectivity index (χ2n) is 6.40. The summed E-state index contributed by atoms with van der Waals surface area (Å²) in [5.74, 6) is 0.0941. The molecule has 128 valence electrons. The number of imidazole rings is 1. The van der Waals surface area contributed by atoms with Gasteiger partial charge in [0.15, 0.2) is 0 Å². The van der Waals surface area contributed by atoms with Gasteiger partial charge in [-0.2, -0.15) is 0 Å². The first-order valence-corrected chi connectivity index (χ1v) is 8.63. The highest BCUT2D eigenvalue weighted by Gasteiger charge is 2.30. The third-order valence-corrected chi connectivity index (χ3v) is 4.69. The number of aromatic nitrogens is 3. The number of rotatable bonds is 5. The molecule has 6 nitrogen and oxygen atoms in total. The van der Waals surface area contributed by atoms with Crippen molar-refractivity contribution in [1.82, 2.24) is 24.6 Å². The van der Waals surface area contributed by atoms with Crippen LogP contribution in [0.25, 0.3) is 5.65 Å². The van der Waals surface area contributed by atoms with Crippen LogP contribution in [-0.2, 0) is 17.9 Å². The lowest BCUT2D eigenvalue weighted by Gasteiger charge is -2.23. The highest BCUT2D eigenvalue weighted by Crippen LogP contribution is 2.19. The molecule has 1 aliphatic heterocycles. The fourth-order valence-corrected chi connectivity index (χ4v) is 3.38. The van der Waals surface area contributed by atoms with E-state index >= 15 is 0 Å². The van der Waals surface area contributed by atoms with E-state index in [0.29, 0.717) is 6.54 Å². The maximum absolute atomic E-state index is 12.6. The third kappa shape index (κ3) is 3.53. The van der Waals surface area contributed by atoms with Crippen LogP contribution in [0.4, 0.5) is 0 Å². The SMILES string of the molecule is O=C(NCc1ccn2ccnc2c1)C1CCCN1Cc1ccccn1. The topological polar surface area (TPSA) is 62.5 Å². The van der Waals surface area contributed by atoms with Gasteiger partial charge in [-0.15, -0.1) is 0 Å². The number of pyridine rings is 2. The van der Waals surface area contributed by atoms with E-state index in [2.05, 4.69) is 20.2 Å². The number of nitrogens with one attached hydrogen (secondary N) is 1. The lowest BCUT2D eigenvalue weighted by Crippen LogP contribution is -2.42. The molecule has 1 atom stereocenters. The van der Waals surface area contributed by atoms with Crippen LogP contribution < -0.4 is 5.32 Å². The Kier molecular flexibility index (Phi) is 4.43. The van der Waals surface area contributed by atoms with E-state index in [1.807, 2.05) is 47.1 Å². The maximum atomic E-state index is 12.6. The largest absolute Gasteiger partial charge is 0.351 e. The molecule has 1 amide bonds. The van der Waals surface area contributed by atoms with Gasteiger partial charge in [0.1, 0.15) is 5.65 Å². The number of fused-ring (bicyclic) bond motifs is 1. The molecule has 3 aromatic heterocycles. The van der Waals surface area contributed by atoms with Gasteiger partial charge in [0.2, 0.25) is 5.91 Å². The van der Waals surface area contributed by atoms with Crippen LogP contribution in [0.2, 0.25) is 0 Å². The van der Waals surface area contributed by atoms with Gasteiger partial charge in [0.25, 0.3) is 0 Å². The smallest absolute Gasteiger partial charge is 0.237 e. The first kappa shape index (κ1) is 15.8. The van der Waals surface area contributed by atoms with E-state index < -0.39 is 0 Å². The molecular formula is C19H21N5O. The summed E-state index contributed by atoms with van der Waals surface area (Å²) in [6.07, 6.45) is 9.39. The zero-order chi connectivity index (χ0) is 17.1. The molecule has 25 heavy (non-hydrogen) atoms. The number of carbonyl (C=O) groups is 1. The van der Waals surface area contributed by atoms with Gasteiger partial charge in [0.05, 0.1) is 11.7 Å². The molecule has 4 heterocycles. The van der Waals surface area contributed by atoms with Crippen molar-refractivity contribution in [3.8, 4) is 0 Å². The Morgan fingerprint density at radius 1 is 1.20 bits per heavy atom. The Bertz CT molecular complexity index is 860. The van der Waals surface area contributed by atoms with E-state index in [1.165, 1.54) is 0 Å². The lowest BCUT2D eigenvalue weighted by atomic mass is 10.2. The monoisotopic (exact) mass is 335 g/mol. The van der Waals surface area contributed by atoms with E-state index in [1.54, 1.807) is 12.4 Å². The predicted molar refractivity (Wildman–Crippen MR) is 94.7 cm³/mol. The van der Waals surface area contributed by atoms with Crippen LogP contribution in [0, 0.1) is 0 Å². The molecule has 1 aliphatic rings. The Balaban J connectivity index is 1.37. The molecule has 3 aromatic rings. The van der Waals surface area contributed by atoms with Crippen LogP contribution in [0.3, 0.4) is 0 Å². The highest BCUT2D eigenvalue weighted by atomic mass is 16.2. The number of carbonyl (C=O) groups excluding carboxylic acids is 1. The number of hydrogen-bond acceptors (Lipinski definition) is 4. The first-order valence-electron chi connectivity index (χ1n) is 8.63. The summed E-state index contributed by atoms with van der Waals surface area (Å²) in [6, 6.07) is 9.84. The highest BCUT2D eigenvalue weighted by molar-refractivity contribution is 5.82. The second kappa shape index (κ2) is 7.03. The second-order valence-corrected chi connectivity index (χ2v) is 6.40. The third-order valence-electron chi connectivity index (χ3n) is 4.69. The van der Waals surface area contributed by atoms with E-state index in [9.17, 15) is 4.79 Å². The van der Waals surface area contributed by atoms with Gasteiger partial charge >= 0.3 is 0 Å². The van der Waals surface area contributed by atoms with Gasteiger partial charge in [-0.1, -0.05) is 6.07 Å². The number of amides is 1. The molecule has 0 aromatic carbocycles. The molecule has 1 saturated heterocycles. The van der Waals surface area contributed by atoms with Crippen molar-refractivity contribution in [2.75, 3.05) is 6.54 Å². The molecule has 1 fully saturated rings. The average Bonchev–Trinajstić information content (AvgIpc) is 3.29. The van der Waals surface area contributed by atoms with E-state index in [-0.39, 0.29) is 11.9 Å². The van der Waals surface area contributed by atoms with E-state index in [4.69, 9.17) is 0 Å². The normalized spacial score (nSPS) is 17.8. The van der Waals surface area contributed by atoms with Crippen molar-refractivity contribution in [1.29, 1.82) is 0 Å². The molecule has 0 spiro atoms. The Morgan fingerprint density at radius 3 is 3.04 bits per heavy atom. The summed E-state index contributed by atoms with van der Waals surface area (Å²) in [5, 5.41) is 3.08. The lowest BCUT2D eigenvalue weighted by molar-refractivity contribution is -0.125. The fourth-order valence-electron chi connectivity index (χ4n) is 3.38. The zero-order valence-corrected chi connectivity index (χ0v) is 14.0. The van der Waals surface area contributed by atoms with Gasteiger partial charge in [-0.3, -0.25) is 14.7 Å². The molecule has 4 rings (SSSR count). The van der Waals surface area contributed by atoms with Crippen LogP contribution >= 0.6 is 0 Å². The summed E-state index contributed by atoms with van der Waals surface area (Å²) >= 11 is 0. The van der Waals surface area contributed by atoms with Crippen molar-refractivity contribution in [2.24, 2.45) is 0 Å². The molecular weight excluding hydrogens is 314 g/mol. The number of likely N-dealkylation sites (tertiary alicyclic amines) is 1. The Hall–Kier alpha value is -2.73. The molecule has 0 saturated carbocycles. The Labute approximate surface area is 146 Å². The number of hydrogen-bond donors (Lipinski definition) is 1. The standard InChI is InChI=1S/C19H21N5O/c25-19(22-13-15-6-10-23-11-8-21-18(23)12-15)17-5-3-9-24(17)14-16-4-1-2-7-20-16/h1-2,4,6-8,10-12,17H,3,5,9,13-14H2,(H,22,25). The molecule has 0 bridgehead atoms. The fraction of sp³-hybridized carbons (Fsp3) is 0.316. The number of nitrogens with zero attached hydrogens (tertiary/aromatic N) is 4. The average molecular weight is 335 g/mol. The van der Waals surface area contributed by atoms with Crippen molar-refractivity contribution in [3.63, 3.8) is 0 Å². The molecule has 6 heteroatoms. The predicted octanol–water partition coefficient (Wildman–Crippen LogP) is 2.01. The summed E-state index contributed by atoms with van der Waals surface area (Å²) in [7, 11) is 0.